The van der Waals surface area contributed by atoms with Crippen molar-refractivity contribution in [3.8, 4) is 0 Å². The second-order valence-electron chi connectivity index (χ2n) is 5.43. The summed E-state index contributed by atoms with van der Waals surface area (Å²) in [7, 11) is 0. The van der Waals surface area contributed by atoms with Crippen molar-refractivity contribution < 1.29 is 0 Å². The van der Waals surface area contributed by atoms with E-state index >= 15 is 0 Å². The van der Waals surface area contributed by atoms with Gasteiger partial charge in [-0.1, -0.05) is 27.7 Å². The van der Waals surface area contributed by atoms with Gasteiger partial charge in [0.2, 0.25) is 0 Å². The third kappa shape index (κ3) is 3.56. The quantitative estimate of drug-likeness (QED) is 0.852. The minimum atomic E-state index is 0.0682. The van der Waals surface area contributed by atoms with Crippen LogP contribution in [0.4, 0.5) is 0 Å². The molecule has 0 aliphatic rings. The Bertz CT molecular complexity index is 353. The van der Waals surface area contributed by atoms with Crippen LogP contribution >= 0.6 is 0 Å². The van der Waals surface area contributed by atoms with E-state index in [0.29, 0.717) is 0 Å². The fourth-order valence-electron chi connectivity index (χ4n) is 1.48. The molecule has 0 aliphatic heterocycles. The van der Waals surface area contributed by atoms with Crippen LogP contribution in [-0.4, -0.2) is 16.0 Å². The molecule has 90 valence electrons. The van der Waals surface area contributed by atoms with Crippen molar-refractivity contribution >= 4 is 0 Å². The Kier molecular flexibility index (Phi) is 4.03. The lowest BCUT2D eigenvalue weighted by Crippen LogP contribution is -2.24. The Morgan fingerprint density at radius 1 is 1.31 bits per heavy atom. The first-order valence-corrected chi connectivity index (χ1v) is 5.93. The van der Waals surface area contributed by atoms with E-state index in [4.69, 9.17) is 5.73 Å². The Balaban J connectivity index is 2.99. The summed E-state index contributed by atoms with van der Waals surface area (Å²) in [6.45, 7) is 10.6. The van der Waals surface area contributed by atoms with Gasteiger partial charge in [-0.15, -0.1) is 0 Å². The number of aromatic nitrogens is 2. The topological polar surface area (TPSA) is 51.8 Å². The SMILES string of the molecule is CCC(N)Cc1nc(C)cc(C(C)(C)C)n1. The second-order valence-corrected chi connectivity index (χ2v) is 5.43. The van der Waals surface area contributed by atoms with Crippen LogP contribution in [0, 0.1) is 6.92 Å². The molecule has 0 spiro atoms. The molecule has 3 nitrogen and oxygen atoms in total. The van der Waals surface area contributed by atoms with Gasteiger partial charge in [-0.25, -0.2) is 9.97 Å². The van der Waals surface area contributed by atoms with Crippen LogP contribution in [0.5, 0.6) is 0 Å². The smallest absolute Gasteiger partial charge is 0.130 e. The molecule has 0 aromatic carbocycles. The molecular formula is C13H23N3. The molecular weight excluding hydrogens is 198 g/mol. The molecule has 1 atom stereocenters. The number of nitrogens with two attached hydrogens (primary N) is 1. The Morgan fingerprint density at radius 2 is 1.94 bits per heavy atom. The number of hydrogen-bond donors (Lipinski definition) is 1. The second kappa shape index (κ2) is 4.91. The molecule has 1 unspecified atom stereocenters. The molecule has 2 N–H and O–H groups in total. The van der Waals surface area contributed by atoms with Crippen molar-refractivity contribution in [3.05, 3.63) is 23.3 Å². The first-order chi connectivity index (χ1) is 7.32. The van der Waals surface area contributed by atoms with Gasteiger partial charge in [-0.3, -0.25) is 0 Å². The molecule has 0 bridgehead atoms. The van der Waals surface area contributed by atoms with E-state index in [1.807, 2.05) is 6.92 Å². The Hall–Kier alpha value is -0.960. The van der Waals surface area contributed by atoms with E-state index in [1.54, 1.807) is 0 Å². The Morgan fingerprint density at radius 3 is 2.44 bits per heavy atom. The van der Waals surface area contributed by atoms with Gasteiger partial charge in [0.15, 0.2) is 0 Å². The summed E-state index contributed by atoms with van der Waals surface area (Å²) < 4.78 is 0. The van der Waals surface area contributed by atoms with Crippen molar-refractivity contribution in [1.82, 2.24) is 9.97 Å². The zero-order chi connectivity index (χ0) is 12.3. The molecule has 0 saturated carbocycles. The third-order valence-electron chi connectivity index (χ3n) is 2.64. The summed E-state index contributed by atoms with van der Waals surface area (Å²) in [4.78, 5) is 9.05. The van der Waals surface area contributed by atoms with Crippen LogP contribution in [-0.2, 0) is 11.8 Å². The molecule has 3 heteroatoms. The summed E-state index contributed by atoms with van der Waals surface area (Å²) >= 11 is 0. The highest BCUT2D eigenvalue weighted by molar-refractivity contribution is 5.17. The normalized spacial score (nSPS) is 13.9. The van der Waals surface area contributed by atoms with E-state index < -0.39 is 0 Å². The van der Waals surface area contributed by atoms with Gasteiger partial charge < -0.3 is 5.73 Å². The fraction of sp³-hybridized carbons (Fsp3) is 0.692. The fourth-order valence-corrected chi connectivity index (χ4v) is 1.48. The molecule has 16 heavy (non-hydrogen) atoms. The van der Waals surface area contributed by atoms with Crippen molar-refractivity contribution in [2.75, 3.05) is 0 Å². The van der Waals surface area contributed by atoms with Gasteiger partial charge in [0.25, 0.3) is 0 Å². The summed E-state index contributed by atoms with van der Waals surface area (Å²) in [5.74, 6) is 0.874. The number of nitrogens with zero attached hydrogens (tertiary/aromatic N) is 2. The van der Waals surface area contributed by atoms with Crippen LogP contribution in [0.25, 0.3) is 0 Å². The van der Waals surface area contributed by atoms with Crippen LogP contribution in [0.15, 0.2) is 6.07 Å². The van der Waals surface area contributed by atoms with Crippen LogP contribution in [0.3, 0.4) is 0 Å². The predicted molar refractivity (Wildman–Crippen MR) is 67.4 cm³/mol. The molecule has 0 radical (unpaired) electrons. The van der Waals surface area contributed by atoms with Crippen molar-refractivity contribution in [1.29, 1.82) is 0 Å². The van der Waals surface area contributed by atoms with E-state index in [9.17, 15) is 0 Å². The number of aryl methyl sites for hydroxylation is 1. The van der Waals surface area contributed by atoms with Crippen LogP contribution in [0.2, 0.25) is 0 Å². The minimum absolute atomic E-state index is 0.0682. The largest absolute Gasteiger partial charge is 0.327 e. The van der Waals surface area contributed by atoms with Crippen LogP contribution in [0.1, 0.15) is 51.3 Å². The maximum absolute atomic E-state index is 5.93. The summed E-state index contributed by atoms with van der Waals surface area (Å²) in [5.41, 5.74) is 8.12. The molecule has 1 rings (SSSR count). The molecule has 1 heterocycles. The first-order valence-electron chi connectivity index (χ1n) is 5.93. The molecule has 1 aromatic rings. The van der Waals surface area contributed by atoms with Gasteiger partial charge in [0.05, 0.1) is 0 Å². The van der Waals surface area contributed by atoms with Gasteiger partial charge in [0.1, 0.15) is 5.82 Å². The summed E-state index contributed by atoms with van der Waals surface area (Å²) in [6.07, 6.45) is 1.73. The lowest BCUT2D eigenvalue weighted by Gasteiger charge is -2.19. The van der Waals surface area contributed by atoms with E-state index in [2.05, 4.69) is 43.7 Å². The monoisotopic (exact) mass is 221 g/mol. The lowest BCUT2D eigenvalue weighted by atomic mass is 9.91. The molecule has 0 saturated heterocycles. The van der Waals surface area contributed by atoms with Gasteiger partial charge in [0, 0.05) is 29.3 Å². The average Bonchev–Trinajstić information content (AvgIpc) is 2.15. The van der Waals surface area contributed by atoms with Crippen molar-refractivity contribution in [3.63, 3.8) is 0 Å². The molecule has 0 fully saturated rings. The van der Waals surface area contributed by atoms with Gasteiger partial charge in [-0.05, 0) is 19.4 Å². The first kappa shape index (κ1) is 13.1. The highest BCUT2D eigenvalue weighted by Crippen LogP contribution is 2.20. The van der Waals surface area contributed by atoms with Gasteiger partial charge >= 0.3 is 0 Å². The highest BCUT2D eigenvalue weighted by atomic mass is 14.9. The minimum Gasteiger partial charge on any atom is -0.327 e. The van der Waals surface area contributed by atoms with Crippen LogP contribution < -0.4 is 5.73 Å². The number of rotatable bonds is 3. The summed E-state index contributed by atoms with van der Waals surface area (Å²) in [5, 5.41) is 0. The standard InChI is InChI=1S/C13H23N3/c1-6-10(14)8-12-15-9(2)7-11(16-12)13(3,4)5/h7,10H,6,8,14H2,1-5H3. The highest BCUT2D eigenvalue weighted by Gasteiger charge is 2.17. The Labute approximate surface area is 98.5 Å². The van der Waals surface area contributed by atoms with E-state index in [-0.39, 0.29) is 11.5 Å². The lowest BCUT2D eigenvalue weighted by molar-refractivity contribution is 0.551. The van der Waals surface area contributed by atoms with Gasteiger partial charge in [-0.2, -0.15) is 0 Å². The van der Waals surface area contributed by atoms with Crippen molar-refractivity contribution in [2.45, 2.75) is 58.9 Å². The zero-order valence-corrected chi connectivity index (χ0v) is 11.0. The average molecular weight is 221 g/mol. The predicted octanol–water partition coefficient (Wildman–Crippen LogP) is 2.36. The molecule has 0 aliphatic carbocycles. The number of hydrogen-bond acceptors (Lipinski definition) is 3. The maximum Gasteiger partial charge on any atom is 0.130 e. The van der Waals surface area contributed by atoms with E-state index in [1.165, 1.54) is 0 Å². The third-order valence-corrected chi connectivity index (χ3v) is 2.64. The zero-order valence-electron chi connectivity index (χ0n) is 11.0. The maximum atomic E-state index is 5.93. The van der Waals surface area contributed by atoms with Crippen molar-refractivity contribution in [2.24, 2.45) is 5.73 Å². The molecule has 0 amide bonds. The molecule has 1 aromatic heterocycles. The summed E-state index contributed by atoms with van der Waals surface area (Å²) in [6, 6.07) is 2.22. The van der Waals surface area contributed by atoms with E-state index in [0.717, 1.165) is 30.1 Å².